The van der Waals surface area contributed by atoms with Crippen LogP contribution in [-0.4, -0.2) is 93.1 Å². The van der Waals surface area contributed by atoms with Crippen molar-refractivity contribution in [3.63, 3.8) is 0 Å². The minimum absolute atomic E-state index is 0.142. The molecule has 0 unspecified atom stereocenters. The number of aromatic nitrogens is 4. The molecule has 59 heavy (non-hydrogen) atoms. The van der Waals surface area contributed by atoms with Gasteiger partial charge < -0.3 is 39.9 Å². The lowest BCUT2D eigenvalue weighted by Gasteiger charge is -2.33. The number of amides is 4. The molecule has 0 saturated heterocycles. The molecule has 0 bridgehead atoms. The third-order valence-electron chi connectivity index (χ3n) is 11.5. The van der Waals surface area contributed by atoms with Crippen LogP contribution in [-0.2, 0) is 24.5 Å². The molecule has 4 N–H and O–H groups in total. The van der Waals surface area contributed by atoms with Crippen molar-refractivity contribution in [1.82, 2.24) is 40.4 Å². The maximum absolute atomic E-state index is 13.8. The van der Waals surface area contributed by atoms with Gasteiger partial charge in [-0.05, 0) is 84.0 Å². The fraction of sp³-hybridized carbons (Fsp3) is 0.511. The van der Waals surface area contributed by atoms with Crippen LogP contribution >= 0.6 is 0 Å². The van der Waals surface area contributed by atoms with Crippen LogP contribution in [0.3, 0.4) is 0 Å². The van der Waals surface area contributed by atoms with E-state index in [4.69, 9.17) is 19.4 Å². The Morgan fingerprint density at radius 3 is 1.36 bits per heavy atom. The zero-order valence-electron chi connectivity index (χ0n) is 36.6. The van der Waals surface area contributed by atoms with E-state index in [2.05, 4.69) is 70.8 Å². The maximum Gasteiger partial charge on any atom is 0.407 e. The molecule has 0 fully saturated rings. The Kier molecular flexibility index (Phi) is 13.9. The second kappa shape index (κ2) is 18.5. The molecule has 4 aromatic rings. The molecule has 14 heteroatoms. The van der Waals surface area contributed by atoms with Gasteiger partial charge in [-0.25, -0.2) is 19.6 Å². The molecular weight excluding hydrogens is 749 g/mol. The number of alkyl carbamates (subject to hydrolysis) is 2. The van der Waals surface area contributed by atoms with Crippen molar-refractivity contribution in [2.45, 2.75) is 112 Å². The molecule has 14 nitrogen and oxygen atoms in total. The van der Waals surface area contributed by atoms with E-state index in [1.54, 1.807) is 9.80 Å². The van der Waals surface area contributed by atoms with E-state index in [9.17, 15) is 19.2 Å². The number of rotatable bonds is 16. The summed E-state index contributed by atoms with van der Waals surface area (Å²) >= 11 is 0. The summed E-state index contributed by atoms with van der Waals surface area (Å²) in [4.78, 5) is 71.8. The van der Waals surface area contributed by atoms with Gasteiger partial charge in [0.05, 0.1) is 50.1 Å². The molecule has 1 aliphatic rings. The molecule has 5 rings (SSSR count). The van der Waals surface area contributed by atoms with E-state index >= 15 is 0 Å². The number of fused-ring (bicyclic) bond motifs is 3. The fourth-order valence-electron chi connectivity index (χ4n) is 7.99. The van der Waals surface area contributed by atoms with E-state index in [1.165, 1.54) is 36.5 Å². The lowest BCUT2D eigenvalue weighted by Crippen LogP contribution is -2.52. The van der Waals surface area contributed by atoms with Gasteiger partial charge in [-0.1, -0.05) is 79.7 Å². The summed E-state index contributed by atoms with van der Waals surface area (Å²) in [5.41, 5.74) is 8.04. The highest BCUT2D eigenvalue weighted by molar-refractivity contribution is 5.88. The number of benzene rings is 2. The van der Waals surface area contributed by atoms with Gasteiger partial charge in [0.1, 0.15) is 23.7 Å². The van der Waals surface area contributed by atoms with E-state index in [1.807, 2.05) is 67.8 Å². The number of imidazole rings is 2. The minimum Gasteiger partial charge on any atom is -0.453 e. The van der Waals surface area contributed by atoms with E-state index in [0.717, 1.165) is 35.4 Å². The van der Waals surface area contributed by atoms with Crippen molar-refractivity contribution in [3.8, 4) is 33.6 Å². The number of H-pyrrole nitrogens is 2. The predicted molar refractivity (Wildman–Crippen MR) is 228 cm³/mol. The van der Waals surface area contributed by atoms with Crippen LogP contribution in [0.2, 0.25) is 0 Å². The quantitative estimate of drug-likeness (QED) is 0.0878. The standard InChI is InChI=1S/C45H62N8O6/c1-13-19-52(41(54)37(25(3)4)50-43(56)58-11)27(7)39-46-23-35(48-39)29-15-17-31-32-18-16-30(22-34(32)45(9,10)33(31)21-29)36-24-47-40(49-36)28(8)53(20-14-2)42(55)38(26(5)6)51-44(57)59-12/h15-18,21-28,37-38H,13-14,19-20H2,1-12H3,(H,46,48)(H,47,49)(H,50,56)(H,51,57)/t27-,28-,37-,38-/m0/s1. The van der Waals surface area contributed by atoms with E-state index < -0.39 is 24.3 Å². The Balaban J connectivity index is 1.38. The van der Waals surface area contributed by atoms with Crippen LogP contribution in [0.4, 0.5) is 9.59 Å². The topological polar surface area (TPSA) is 175 Å². The predicted octanol–water partition coefficient (Wildman–Crippen LogP) is 8.13. The number of carbonyl (C=O) groups is 4. The first-order chi connectivity index (χ1) is 28.0. The lowest BCUT2D eigenvalue weighted by molar-refractivity contribution is -0.137. The van der Waals surface area contributed by atoms with Crippen molar-refractivity contribution in [2.24, 2.45) is 11.8 Å². The van der Waals surface area contributed by atoms with Crippen LogP contribution in [0.1, 0.15) is 117 Å². The van der Waals surface area contributed by atoms with Gasteiger partial charge >= 0.3 is 12.2 Å². The van der Waals surface area contributed by atoms with E-state index in [-0.39, 0.29) is 41.1 Å². The normalized spacial score (nSPS) is 14.8. The molecule has 4 amide bonds. The summed E-state index contributed by atoms with van der Waals surface area (Å²) in [6, 6.07) is 10.7. The zero-order chi connectivity index (χ0) is 43.3. The third-order valence-corrected chi connectivity index (χ3v) is 11.5. The Hall–Kier alpha value is -5.66. The molecule has 2 aromatic carbocycles. The third kappa shape index (κ3) is 9.16. The zero-order valence-corrected chi connectivity index (χ0v) is 36.6. The molecule has 2 heterocycles. The SMILES string of the molecule is CCCN(C(=O)[C@@H](NC(=O)OC)C(C)C)[C@@H](C)c1ncc(-c2ccc3c(c2)C(C)(C)c2cc(-c4cnc([C@H](C)N(CCC)C(=O)[C@@H](NC(=O)OC)C(C)C)[nH]4)ccc2-3)[nH]1. The molecule has 4 atom stereocenters. The van der Waals surface area contributed by atoms with Gasteiger partial charge in [-0.3, -0.25) is 9.59 Å². The summed E-state index contributed by atoms with van der Waals surface area (Å²) < 4.78 is 9.59. The van der Waals surface area contributed by atoms with E-state index in [0.29, 0.717) is 24.7 Å². The number of methoxy groups -OCH3 is 2. The van der Waals surface area contributed by atoms with Crippen LogP contribution in [0.5, 0.6) is 0 Å². The molecule has 2 aromatic heterocycles. The monoisotopic (exact) mass is 810 g/mol. The molecule has 0 saturated carbocycles. The van der Waals surface area contributed by atoms with Crippen LogP contribution in [0, 0.1) is 11.8 Å². The molecule has 1 aliphatic carbocycles. The van der Waals surface area contributed by atoms with Gasteiger partial charge in [0.25, 0.3) is 0 Å². The lowest BCUT2D eigenvalue weighted by atomic mass is 9.81. The molecule has 0 radical (unpaired) electrons. The Morgan fingerprint density at radius 1 is 0.661 bits per heavy atom. The first-order valence-corrected chi connectivity index (χ1v) is 20.7. The number of ether oxygens (including phenoxy) is 2. The average Bonchev–Trinajstić information content (AvgIpc) is 3.97. The minimum atomic E-state index is -0.737. The van der Waals surface area contributed by atoms with Gasteiger partial charge in [0.15, 0.2) is 0 Å². The smallest absolute Gasteiger partial charge is 0.407 e. The largest absolute Gasteiger partial charge is 0.453 e. The second-order valence-corrected chi connectivity index (χ2v) is 16.6. The Bertz CT molecular complexity index is 1990. The first-order valence-electron chi connectivity index (χ1n) is 20.7. The van der Waals surface area contributed by atoms with Crippen molar-refractivity contribution in [2.75, 3.05) is 27.3 Å². The van der Waals surface area contributed by atoms with Crippen molar-refractivity contribution in [1.29, 1.82) is 0 Å². The molecule has 0 aliphatic heterocycles. The van der Waals surface area contributed by atoms with Crippen molar-refractivity contribution in [3.05, 3.63) is 71.6 Å². The summed E-state index contributed by atoms with van der Waals surface area (Å²) in [5.74, 6) is 0.654. The number of nitrogens with zero attached hydrogens (tertiary/aromatic N) is 4. The number of hydrogen-bond acceptors (Lipinski definition) is 8. The van der Waals surface area contributed by atoms with Crippen LogP contribution in [0.15, 0.2) is 48.8 Å². The Labute approximate surface area is 348 Å². The van der Waals surface area contributed by atoms with Gasteiger partial charge in [0.2, 0.25) is 11.8 Å². The van der Waals surface area contributed by atoms with Crippen LogP contribution < -0.4 is 10.6 Å². The molecule has 0 spiro atoms. The van der Waals surface area contributed by atoms with Crippen molar-refractivity contribution >= 4 is 24.0 Å². The average molecular weight is 811 g/mol. The summed E-state index contributed by atoms with van der Waals surface area (Å²) in [5, 5.41) is 5.42. The van der Waals surface area contributed by atoms with Crippen molar-refractivity contribution < 1.29 is 28.7 Å². The van der Waals surface area contributed by atoms with Crippen LogP contribution in [0.25, 0.3) is 33.6 Å². The second-order valence-electron chi connectivity index (χ2n) is 16.6. The highest BCUT2D eigenvalue weighted by atomic mass is 16.5. The van der Waals surface area contributed by atoms with Gasteiger partial charge in [-0.15, -0.1) is 0 Å². The van der Waals surface area contributed by atoms with Gasteiger partial charge in [-0.2, -0.15) is 0 Å². The van der Waals surface area contributed by atoms with Gasteiger partial charge in [0, 0.05) is 18.5 Å². The summed E-state index contributed by atoms with van der Waals surface area (Å²) in [6.45, 7) is 21.0. The molecule has 318 valence electrons. The maximum atomic E-state index is 13.8. The fourth-order valence-corrected chi connectivity index (χ4v) is 7.99. The first kappa shape index (κ1) is 44.4. The Morgan fingerprint density at radius 2 is 1.03 bits per heavy atom. The summed E-state index contributed by atoms with van der Waals surface area (Å²) in [6.07, 6.45) is 3.82. The number of carbonyl (C=O) groups excluding carboxylic acids is 4. The number of nitrogens with one attached hydrogen (secondary N) is 4. The highest BCUT2D eigenvalue weighted by Gasteiger charge is 2.37. The molecular formula is C45H62N8O6. The number of aromatic amines is 2. The number of hydrogen-bond donors (Lipinski definition) is 4. The highest BCUT2D eigenvalue weighted by Crippen LogP contribution is 2.50. The summed E-state index contributed by atoms with van der Waals surface area (Å²) in [7, 11) is 2.57.